The molecule has 0 radical (unpaired) electrons. The standard InChI is InChI=1S/C18H36N2OS/c1-13(2)19-8-14(3)7-18(11-19)12-22-17(6)20-9-15(4)21-16(5)10-20/h13-18H,7-12H2,1-6H3. The van der Waals surface area contributed by atoms with Gasteiger partial charge in [0, 0.05) is 32.2 Å². The van der Waals surface area contributed by atoms with Crippen molar-refractivity contribution in [1.29, 1.82) is 0 Å². The fourth-order valence-electron chi connectivity index (χ4n) is 3.96. The number of likely N-dealkylation sites (tertiary alicyclic amines) is 1. The van der Waals surface area contributed by atoms with E-state index in [-0.39, 0.29) is 0 Å². The van der Waals surface area contributed by atoms with Gasteiger partial charge in [-0.1, -0.05) is 6.92 Å². The molecule has 2 aliphatic rings. The Morgan fingerprint density at radius 3 is 2.18 bits per heavy atom. The third-order valence-electron chi connectivity index (χ3n) is 5.04. The summed E-state index contributed by atoms with van der Waals surface area (Å²) in [6.07, 6.45) is 2.15. The lowest BCUT2D eigenvalue weighted by Crippen LogP contribution is -2.48. The van der Waals surface area contributed by atoms with E-state index in [1.807, 2.05) is 0 Å². The molecule has 0 N–H and O–H groups in total. The van der Waals surface area contributed by atoms with Gasteiger partial charge in [0.05, 0.1) is 17.6 Å². The van der Waals surface area contributed by atoms with Crippen molar-refractivity contribution in [3.8, 4) is 0 Å². The van der Waals surface area contributed by atoms with Crippen molar-refractivity contribution in [3.05, 3.63) is 0 Å². The van der Waals surface area contributed by atoms with Crippen LogP contribution in [0, 0.1) is 11.8 Å². The Kier molecular flexibility index (Phi) is 7.06. The quantitative estimate of drug-likeness (QED) is 0.767. The van der Waals surface area contributed by atoms with E-state index in [0.29, 0.717) is 23.6 Å². The highest BCUT2D eigenvalue weighted by atomic mass is 32.2. The monoisotopic (exact) mass is 328 g/mol. The van der Waals surface area contributed by atoms with Gasteiger partial charge < -0.3 is 9.64 Å². The molecule has 3 nitrogen and oxygen atoms in total. The van der Waals surface area contributed by atoms with Gasteiger partial charge in [-0.15, -0.1) is 11.8 Å². The zero-order chi connectivity index (χ0) is 16.3. The number of morpholine rings is 1. The molecule has 2 saturated heterocycles. The molecule has 2 rings (SSSR count). The van der Waals surface area contributed by atoms with Gasteiger partial charge in [0.15, 0.2) is 0 Å². The first kappa shape index (κ1) is 18.6. The highest BCUT2D eigenvalue weighted by Gasteiger charge is 2.29. The molecule has 0 aromatic heterocycles. The predicted molar refractivity (Wildman–Crippen MR) is 97.5 cm³/mol. The molecular weight excluding hydrogens is 292 g/mol. The summed E-state index contributed by atoms with van der Waals surface area (Å²) in [6, 6.07) is 0.689. The maximum atomic E-state index is 5.86. The van der Waals surface area contributed by atoms with E-state index in [1.165, 1.54) is 25.3 Å². The molecule has 0 bridgehead atoms. The summed E-state index contributed by atoms with van der Waals surface area (Å²) in [5, 5.41) is 0.610. The van der Waals surface area contributed by atoms with Crippen LogP contribution >= 0.6 is 11.8 Å². The Labute approximate surface area is 142 Å². The zero-order valence-electron chi connectivity index (χ0n) is 15.4. The number of hydrogen-bond donors (Lipinski definition) is 0. The molecule has 2 aliphatic heterocycles. The molecule has 0 saturated carbocycles. The molecule has 0 aromatic carbocycles. The van der Waals surface area contributed by atoms with Crippen molar-refractivity contribution in [2.24, 2.45) is 11.8 Å². The van der Waals surface area contributed by atoms with E-state index in [1.54, 1.807) is 0 Å². The third kappa shape index (κ3) is 5.40. The summed E-state index contributed by atoms with van der Waals surface area (Å²) in [5.41, 5.74) is 0. The minimum Gasteiger partial charge on any atom is -0.373 e. The van der Waals surface area contributed by atoms with Gasteiger partial charge in [0.25, 0.3) is 0 Å². The Morgan fingerprint density at radius 1 is 0.955 bits per heavy atom. The smallest absolute Gasteiger partial charge is 0.0678 e. The fourth-order valence-corrected chi connectivity index (χ4v) is 5.14. The van der Waals surface area contributed by atoms with Crippen molar-refractivity contribution < 1.29 is 4.74 Å². The summed E-state index contributed by atoms with van der Waals surface area (Å²) in [5.74, 6) is 3.00. The second-order valence-electron chi connectivity index (χ2n) is 7.90. The van der Waals surface area contributed by atoms with E-state index in [4.69, 9.17) is 4.74 Å². The average molecular weight is 329 g/mol. The Morgan fingerprint density at radius 2 is 1.59 bits per heavy atom. The van der Waals surface area contributed by atoms with E-state index in [2.05, 4.69) is 63.1 Å². The van der Waals surface area contributed by atoms with Crippen LogP contribution in [0.15, 0.2) is 0 Å². The molecule has 0 spiro atoms. The highest BCUT2D eigenvalue weighted by molar-refractivity contribution is 7.99. The second kappa shape index (κ2) is 8.36. The molecular formula is C18H36N2OS. The van der Waals surface area contributed by atoms with E-state index >= 15 is 0 Å². The Balaban J connectivity index is 1.78. The van der Waals surface area contributed by atoms with E-state index in [9.17, 15) is 0 Å². The summed E-state index contributed by atoms with van der Waals surface area (Å²) < 4.78 is 5.86. The van der Waals surface area contributed by atoms with Crippen molar-refractivity contribution in [1.82, 2.24) is 9.80 Å². The maximum Gasteiger partial charge on any atom is 0.0678 e. The van der Waals surface area contributed by atoms with Crippen LogP contribution in [0.2, 0.25) is 0 Å². The van der Waals surface area contributed by atoms with Gasteiger partial charge >= 0.3 is 0 Å². The molecule has 0 amide bonds. The van der Waals surface area contributed by atoms with Gasteiger partial charge in [-0.05, 0) is 58.6 Å². The molecule has 0 aromatic rings. The summed E-state index contributed by atoms with van der Waals surface area (Å²) in [7, 11) is 0. The molecule has 0 aliphatic carbocycles. The fraction of sp³-hybridized carbons (Fsp3) is 1.00. The van der Waals surface area contributed by atoms with Gasteiger partial charge in [-0.2, -0.15) is 0 Å². The molecule has 22 heavy (non-hydrogen) atoms. The van der Waals surface area contributed by atoms with Gasteiger partial charge in [0.2, 0.25) is 0 Å². The van der Waals surface area contributed by atoms with Crippen LogP contribution in [0.3, 0.4) is 0 Å². The molecule has 2 heterocycles. The highest BCUT2D eigenvalue weighted by Crippen LogP contribution is 2.29. The van der Waals surface area contributed by atoms with Crippen LogP contribution in [-0.2, 0) is 4.74 Å². The first-order valence-corrected chi connectivity index (χ1v) is 10.1. The molecule has 4 heteroatoms. The lowest BCUT2D eigenvalue weighted by molar-refractivity contribution is -0.0697. The predicted octanol–water partition coefficient (Wildman–Crippen LogP) is 3.54. The molecule has 5 unspecified atom stereocenters. The third-order valence-corrected chi connectivity index (χ3v) is 6.48. The first-order chi connectivity index (χ1) is 10.3. The minimum atomic E-state index is 0.373. The Bertz CT molecular complexity index is 329. The number of hydrogen-bond acceptors (Lipinski definition) is 4. The number of thioether (sulfide) groups is 1. The maximum absolute atomic E-state index is 5.86. The topological polar surface area (TPSA) is 15.7 Å². The summed E-state index contributed by atoms with van der Waals surface area (Å²) >= 11 is 2.15. The lowest BCUT2D eigenvalue weighted by Gasteiger charge is -2.41. The van der Waals surface area contributed by atoms with Crippen LogP contribution in [0.4, 0.5) is 0 Å². The number of nitrogens with zero attached hydrogens (tertiary/aromatic N) is 2. The Hall–Kier alpha value is 0.230. The van der Waals surface area contributed by atoms with Crippen LogP contribution in [0.25, 0.3) is 0 Å². The van der Waals surface area contributed by atoms with Gasteiger partial charge in [-0.25, -0.2) is 0 Å². The first-order valence-electron chi connectivity index (χ1n) is 9.10. The molecule has 5 atom stereocenters. The van der Waals surface area contributed by atoms with Crippen molar-refractivity contribution in [3.63, 3.8) is 0 Å². The lowest BCUT2D eigenvalue weighted by atomic mass is 9.91. The zero-order valence-corrected chi connectivity index (χ0v) is 16.2. The van der Waals surface area contributed by atoms with Crippen molar-refractivity contribution >= 4 is 11.8 Å². The van der Waals surface area contributed by atoms with Crippen LogP contribution in [0.5, 0.6) is 0 Å². The largest absolute Gasteiger partial charge is 0.373 e. The van der Waals surface area contributed by atoms with Crippen LogP contribution < -0.4 is 0 Å². The average Bonchev–Trinajstić information content (AvgIpc) is 2.43. The minimum absolute atomic E-state index is 0.373. The van der Waals surface area contributed by atoms with E-state index in [0.717, 1.165) is 24.9 Å². The number of piperidine rings is 1. The number of rotatable bonds is 5. The van der Waals surface area contributed by atoms with Gasteiger partial charge in [0.1, 0.15) is 0 Å². The van der Waals surface area contributed by atoms with Crippen molar-refractivity contribution in [2.75, 3.05) is 31.9 Å². The molecule has 130 valence electrons. The summed E-state index contributed by atoms with van der Waals surface area (Å²) in [4.78, 5) is 5.28. The van der Waals surface area contributed by atoms with Gasteiger partial charge in [-0.3, -0.25) is 4.90 Å². The second-order valence-corrected chi connectivity index (χ2v) is 9.25. The normalized spacial score (nSPS) is 36.7. The van der Waals surface area contributed by atoms with E-state index < -0.39 is 0 Å². The number of ether oxygens (including phenoxy) is 1. The molecule has 2 fully saturated rings. The van der Waals surface area contributed by atoms with Crippen LogP contribution in [0.1, 0.15) is 48.0 Å². The SMILES string of the molecule is CC1CC(CSC(C)N2CC(C)OC(C)C2)CN(C(C)C)C1. The van der Waals surface area contributed by atoms with Crippen LogP contribution in [-0.4, -0.2) is 65.4 Å². The van der Waals surface area contributed by atoms with Crippen molar-refractivity contribution in [2.45, 2.75) is 71.6 Å². The summed E-state index contributed by atoms with van der Waals surface area (Å²) in [6.45, 7) is 18.6.